The third-order valence-electron chi connectivity index (χ3n) is 2.88. The Morgan fingerprint density at radius 3 is 2.39 bits per heavy atom. The van der Waals surface area contributed by atoms with Gasteiger partial charge in [0.1, 0.15) is 0 Å². The van der Waals surface area contributed by atoms with Crippen LogP contribution >= 0.6 is 11.8 Å². The van der Waals surface area contributed by atoms with Crippen LogP contribution in [0.2, 0.25) is 0 Å². The molecule has 0 saturated carbocycles. The maximum absolute atomic E-state index is 9.74. The predicted octanol–water partition coefficient (Wildman–Crippen LogP) is 4.59. The molecule has 2 aromatic rings. The summed E-state index contributed by atoms with van der Waals surface area (Å²) in [6.45, 7) is 4.09. The van der Waals surface area contributed by atoms with E-state index in [0.29, 0.717) is 0 Å². The normalized spacial score (nSPS) is 12.4. The number of rotatable bonds is 4. The lowest BCUT2D eigenvalue weighted by molar-refractivity contribution is 0.173. The quantitative estimate of drug-likeness (QED) is 0.865. The molecule has 1 atom stereocenters. The molecule has 0 aliphatic carbocycles. The van der Waals surface area contributed by atoms with Crippen LogP contribution in [0.3, 0.4) is 0 Å². The summed E-state index contributed by atoms with van der Waals surface area (Å²) in [4.78, 5) is 2.45. The summed E-state index contributed by atoms with van der Waals surface area (Å²) in [5.74, 6) is 0. The number of benzene rings is 2. The number of aryl methyl sites for hydroxylation is 1. The van der Waals surface area contributed by atoms with Gasteiger partial charge in [-0.2, -0.15) is 0 Å². The van der Waals surface area contributed by atoms with Crippen molar-refractivity contribution in [3.05, 3.63) is 59.7 Å². The summed E-state index contributed by atoms with van der Waals surface area (Å²) in [5.41, 5.74) is 2.27. The number of hydrogen-bond donors (Lipinski definition) is 1. The van der Waals surface area contributed by atoms with Crippen molar-refractivity contribution in [3.8, 4) is 0 Å². The van der Waals surface area contributed by atoms with Crippen LogP contribution in [0, 0.1) is 6.92 Å². The fourth-order valence-electron chi connectivity index (χ4n) is 1.81. The van der Waals surface area contributed by atoms with Gasteiger partial charge >= 0.3 is 0 Å². The number of aliphatic hydroxyl groups excluding tert-OH is 1. The van der Waals surface area contributed by atoms with Crippen LogP contribution in [0.1, 0.15) is 30.6 Å². The molecule has 0 saturated heterocycles. The van der Waals surface area contributed by atoms with Crippen molar-refractivity contribution in [3.63, 3.8) is 0 Å². The summed E-state index contributed by atoms with van der Waals surface area (Å²) in [7, 11) is 0. The molecular formula is C16H18OS. The maximum atomic E-state index is 9.74. The summed E-state index contributed by atoms with van der Waals surface area (Å²) >= 11 is 1.75. The molecule has 2 rings (SSSR count). The summed E-state index contributed by atoms with van der Waals surface area (Å²) in [5, 5.41) is 9.74. The molecule has 0 unspecified atom stereocenters. The van der Waals surface area contributed by atoms with E-state index in [1.165, 1.54) is 15.4 Å². The molecule has 1 nitrogen and oxygen atoms in total. The minimum absolute atomic E-state index is 0.344. The van der Waals surface area contributed by atoms with E-state index in [4.69, 9.17) is 0 Å². The molecule has 0 radical (unpaired) electrons. The maximum Gasteiger partial charge on any atom is 0.0787 e. The Kier molecular flexibility index (Phi) is 4.45. The standard InChI is InChI=1S/C16H18OS/c1-3-16(17)13-7-9-14(10-8-13)18-15-6-4-5-12(2)11-15/h4-11,16-17H,3H2,1-2H3/t16-/m0/s1. The predicted molar refractivity (Wildman–Crippen MR) is 77.0 cm³/mol. The lowest BCUT2D eigenvalue weighted by Crippen LogP contribution is -1.93. The second-order valence-electron chi connectivity index (χ2n) is 4.41. The van der Waals surface area contributed by atoms with Gasteiger partial charge in [0.25, 0.3) is 0 Å². The lowest BCUT2D eigenvalue weighted by atomic mass is 10.1. The highest BCUT2D eigenvalue weighted by Crippen LogP contribution is 2.29. The third kappa shape index (κ3) is 3.37. The Balaban J connectivity index is 2.11. The molecule has 0 aliphatic rings. The average molecular weight is 258 g/mol. The Labute approximate surface area is 113 Å². The first-order chi connectivity index (χ1) is 8.69. The topological polar surface area (TPSA) is 20.2 Å². The van der Waals surface area contributed by atoms with Gasteiger partial charge in [-0.25, -0.2) is 0 Å². The number of aliphatic hydroxyl groups is 1. The van der Waals surface area contributed by atoms with E-state index >= 15 is 0 Å². The van der Waals surface area contributed by atoms with Crippen molar-refractivity contribution in [2.45, 2.75) is 36.2 Å². The van der Waals surface area contributed by atoms with E-state index in [0.717, 1.165) is 12.0 Å². The molecule has 0 aliphatic heterocycles. The Morgan fingerprint density at radius 1 is 1.06 bits per heavy atom. The fourth-order valence-corrected chi connectivity index (χ4v) is 2.74. The summed E-state index contributed by atoms with van der Waals surface area (Å²) in [6, 6.07) is 16.6. The highest BCUT2D eigenvalue weighted by atomic mass is 32.2. The van der Waals surface area contributed by atoms with Crippen molar-refractivity contribution in [2.75, 3.05) is 0 Å². The van der Waals surface area contributed by atoms with Gasteiger partial charge in [-0.3, -0.25) is 0 Å². The zero-order valence-electron chi connectivity index (χ0n) is 10.8. The van der Waals surface area contributed by atoms with Gasteiger partial charge in [-0.15, -0.1) is 0 Å². The van der Waals surface area contributed by atoms with Crippen molar-refractivity contribution in [1.29, 1.82) is 0 Å². The van der Waals surface area contributed by atoms with E-state index in [1.54, 1.807) is 11.8 Å². The SMILES string of the molecule is CC[C@H](O)c1ccc(Sc2cccc(C)c2)cc1. The summed E-state index contributed by atoms with van der Waals surface area (Å²) < 4.78 is 0. The van der Waals surface area contributed by atoms with Crippen molar-refractivity contribution in [2.24, 2.45) is 0 Å². The average Bonchev–Trinajstić information content (AvgIpc) is 2.39. The molecular weight excluding hydrogens is 240 g/mol. The highest BCUT2D eigenvalue weighted by Gasteiger charge is 2.04. The third-order valence-corrected chi connectivity index (χ3v) is 3.87. The van der Waals surface area contributed by atoms with Crippen LogP contribution < -0.4 is 0 Å². The molecule has 0 heterocycles. The minimum Gasteiger partial charge on any atom is -0.388 e. The van der Waals surface area contributed by atoms with E-state index in [2.05, 4.69) is 43.3 Å². The molecule has 0 amide bonds. The molecule has 0 bridgehead atoms. The monoisotopic (exact) mass is 258 g/mol. The van der Waals surface area contributed by atoms with Gasteiger partial charge in [0.2, 0.25) is 0 Å². The van der Waals surface area contributed by atoms with E-state index in [-0.39, 0.29) is 6.10 Å². The van der Waals surface area contributed by atoms with Gasteiger partial charge < -0.3 is 5.11 Å². The second kappa shape index (κ2) is 6.07. The van der Waals surface area contributed by atoms with Gasteiger partial charge in [-0.05, 0) is 43.2 Å². The molecule has 2 heteroatoms. The van der Waals surface area contributed by atoms with Crippen molar-refractivity contribution in [1.82, 2.24) is 0 Å². The fraction of sp³-hybridized carbons (Fsp3) is 0.250. The zero-order valence-corrected chi connectivity index (χ0v) is 11.6. The van der Waals surface area contributed by atoms with Crippen LogP contribution in [0.5, 0.6) is 0 Å². The van der Waals surface area contributed by atoms with Crippen LogP contribution in [0.25, 0.3) is 0 Å². The van der Waals surface area contributed by atoms with Crippen LogP contribution in [-0.2, 0) is 0 Å². The van der Waals surface area contributed by atoms with Gasteiger partial charge in [-0.1, -0.05) is 48.5 Å². The lowest BCUT2D eigenvalue weighted by Gasteiger charge is -2.09. The molecule has 94 valence electrons. The van der Waals surface area contributed by atoms with Crippen LogP contribution in [-0.4, -0.2) is 5.11 Å². The van der Waals surface area contributed by atoms with E-state index in [9.17, 15) is 5.11 Å². The Morgan fingerprint density at radius 2 is 1.78 bits per heavy atom. The molecule has 0 aromatic heterocycles. The van der Waals surface area contributed by atoms with Gasteiger partial charge in [0.05, 0.1) is 6.10 Å². The summed E-state index contributed by atoms with van der Waals surface area (Å²) in [6.07, 6.45) is 0.410. The van der Waals surface area contributed by atoms with Gasteiger partial charge in [0.15, 0.2) is 0 Å². The second-order valence-corrected chi connectivity index (χ2v) is 5.56. The molecule has 0 fully saturated rings. The molecule has 18 heavy (non-hydrogen) atoms. The first kappa shape index (κ1) is 13.2. The number of hydrogen-bond acceptors (Lipinski definition) is 2. The largest absolute Gasteiger partial charge is 0.388 e. The smallest absolute Gasteiger partial charge is 0.0787 e. The first-order valence-corrected chi connectivity index (χ1v) is 7.03. The van der Waals surface area contributed by atoms with Gasteiger partial charge in [0, 0.05) is 9.79 Å². The molecule has 1 N–H and O–H groups in total. The molecule has 0 spiro atoms. The van der Waals surface area contributed by atoms with Crippen LogP contribution in [0.15, 0.2) is 58.3 Å². The first-order valence-electron chi connectivity index (χ1n) is 6.21. The van der Waals surface area contributed by atoms with E-state index in [1.807, 2.05) is 19.1 Å². The minimum atomic E-state index is -0.344. The Hall–Kier alpha value is -1.25. The van der Waals surface area contributed by atoms with Crippen molar-refractivity contribution < 1.29 is 5.11 Å². The highest BCUT2D eigenvalue weighted by molar-refractivity contribution is 7.99. The van der Waals surface area contributed by atoms with Crippen LogP contribution in [0.4, 0.5) is 0 Å². The Bertz CT molecular complexity index is 505. The van der Waals surface area contributed by atoms with Crippen molar-refractivity contribution >= 4 is 11.8 Å². The zero-order chi connectivity index (χ0) is 13.0. The molecule has 2 aromatic carbocycles. The van der Waals surface area contributed by atoms with E-state index < -0.39 is 0 Å².